The smallest absolute Gasteiger partial charge is 0.327 e. The number of amides is 1. The van der Waals surface area contributed by atoms with Crippen LogP contribution in [0.2, 0.25) is 0 Å². The molecule has 200 valence electrons. The van der Waals surface area contributed by atoms with Crippen LogP contribution >= 0.6 is 0 Å². The summed E-state index contributed by atoms with van der Waals surface area (Å²) in [5.41, 5.74) is 7.97. The molecule has 0 aliphatic carbocycles. The van der Waals surface area contributed by atoms with Crippen molar-refractivity contribution in [3.05, 3.63) is 45.9 Å². The highest BCUT2D eigenvalue weighted by Gasteiger charge is 2.18. The van der Waals surface area contributed by atoms with E-state index in [2.05, 4.69) is 15.0 Å². The Hall–Kier alpha value is -3.93. The van der Waals surface area contributed by atoms with Crippen molar-refractivity contribution in [1.82, 2.24) is 29.3 Å². The molecule has 12 heteroatoms. The van der Waals surface area contributed by atoms with Gasteiger partial charge in [0.05, 0.1) is 19.6 Å². The van der Waals surface area contributed by atoms with Gasteiger partial charge in [-0.3, -0.25) is 14.2 Å². The number of likely N-dealkylation sites (N-methyl/N-ethyl adjacent to an activating group) is 1. The highest BCUT2D eigenvalue weighted by molar-refractivity contribution is 5.82. The molecule has 0 spiro atoms. The minimum absolute atomic E-state index is 0.0518. The van der Waals surface area contributed by atoms with Gasteiger partial charge in [-0.05, 0) is 38.1 Å². The molecule has 1 amide bonds. The number of aromatic amines is 1. The number of H-pyrrole nitrogens is 1. The van der Waals surface area contributed by atoms with Crippen molar-refractivity contribution in [1.29, 1.82) is 0 Å². The molecule has 12 nitrogen and oxygen atoms in total. The van der Waals surface area contributed by atoms with E-state index in [4.69, 9.17) is 15.6 Å². The molecule has 37 heavy (non-hydrogen) atoms. The minimum Gasteiger partial charge on any atom is -0.481 e. The number of carbonyl (C=O) groups is 2. The summed E-state index contributed by atoms with van der Waals surface area (Å²) in [7, 11) is 3.65. The average molecular weight is 514 g/mol. The second kappa shape index (κ2) is 12.9. The molecule has 2 aromatic heterocycles. The van der Waals surface area contributed by atoms with E-state index in [1.165, 1.54) is 4.57 Å². The maximum absolute atomic E-state index is 12.9. The molecule has 1 aromatic carbocycles. The van der Waals surface area contributed by atoms with Crippen LogP contribution in [0.15, 0.2) is 29.1 Å². The molecule has 3 aromatic rings. The Labute approximate surface area is 215 Å². The Balaban J connectivity index is 1.73. The van der Waals surface area contributed by atoms with Crippen LogP contribution in [0.25, 0.3) is 11.2 Å². The lowest BCUT2D eigenvalue weighted by molar-refractivity contribution is -0.136. The number of rotatable bonds is 14. The lowest BCUT2D eigenvalue weighted by Gasteiger charge is -2.24. The van der Waals surface area contributed by atoms with E-state index in [0.29, 0.717) is 49.4 Å². The van der Waals surface area contributed by atoms with Gasteiger partial charge >= 0.3 is 17.7 Å². The van der Waals surface area contributed by atoms with Gasteiger partial charge in [0, 0.05) is 19.6 Å². The predicted molar refractivity (Wildman–Crippen MR) is 139 cm³/mol. The van der Waals surface area contributed by atoms with Crippen molar-refractivity contribution in [2.24, 2.45) is 0 Å². The summed E-state index contributed by atoms with van der Waals surface area (Å²) >= 11 is 0. The number of nitrogen functional groups attached to an aromatic ring is 1. The number of nitrogens with one attached hydrogen (secondary N) is 1. The zero-order valence-electron chi connectivity index (χ0n) is 21.6. The number of aryl methyl sites for hydroxylation is 1. The maximum atomic E-state index is 12.9. The van der Waals surface area contributed by atoms with Crippen LogP contribution in [0.4, 0.5) is 5.82 Å². The summed E-state index contributed by atoms with van der Waals surface area (Å²) in [6.07, 6.45) is 2.25. The number of hydrogen-bond acceptors (Lipinski definition) is 8. The topological polar surface area (TPSA) is 160 Å². The number of carboxylic acids is 1. The highest BCUT2D eigenvalue weighted by atomic mass is 16.5. The van der Waals surface area contributed by atoms with Crippen LogP contribution in [0, 0.1) is 0 Å². The lowest BCUT2D eigenvalue weighted by atomic mass is 10.1. The SMILES string of the molecule is CCCCOc1nc(N)c2[nH]c(=O)n(CCCN(Cc3ccc(CC(=O)O)cc3)C(=O)CN(C)C)c2n1. The van der Waals surface area contributed by atoms with Crippen LogP contribution in [0.5, 0.6) is 6.01 Å². The molecule has 0 aliphatic rings. The Morgan fingerprint density at radius 3 is 2.49 bits per heavy atom. The van der Waals surface area contributed by atoms with Gasteiger partial charge in [0.1, 0.15) is 5.52 Å². The number of aliphatic carboxylic acids is 1. The molecule has 0 fully saturated rings. The molecule has 0 radical (unpaired) electrons. The summed E-state index contributed by atoms with van der Waals surface area (Å²) in [6.45, 7) is 3.83. The van der Waals surface area contributed by atoms with Gasteiger partial charge in [0.25, 0.3) is 0 Å². The summed E-state index contributed by atoms with van der Waals surface area (Å²) in [4.78, 5) is 51.3. The Morgan fingerprint density at radius 1 is 1.14 bits per heavy atom. The predicted octanol–water partition coefficient (Wildman–Crippen LogP) is 1.49. The molecule has 0 saturated heterocycles. The molecule has 0 unspecified atom stereocenters. The fourth-order valence-corrected chi connectivity index (χ4v) is 3.85. The summed E-state index contributed by atoms with van der Waals surface area (Å²) in [5.74, 6) is -0.805. The van der Waals surface area contributed by atoms with Crippen molar-refractivity contribution in [2.75, 3.05) is 39.5 Å². The van der Waals surface area contributed by atoms with Crippen molar-refractivity contribution in [2.45, 2.75) is 45.7 Å². The van der Waals surface area contributed by atoms with Gasteiger partial charge in [-0.2, -0.15) is 9.97 Å². The third-order valence-corrected chi connectivity index (χ3v) is 5.72. The fourth-order valence-electron chi connectivity index (χ4n) is 3.85. The van der Waals surface area contributed by atoms with Gasteiger partial charge in [0.15, 0.2) is 11.5 Å². The number of nitrogens with two attached hydrogens (primary N) is 1. The molecule has 2 heterocycles. The van der Waals surface area contributed by atoms with E-state index in [9.17, 15) is 14.4 Å². The normalized spacial score (nSPS) is 11.2. The van der Waals surface area contributed by atoms with E-state index in [1.54, 1.807) is 21.9 Å². The van der Waals surface area contributed by atoms with Crippen LogP contribution in [0.3, 0.4) is 0 Å². The monoisotopic (exact) mass is 513 g/mol. The molecule has 3 rings (SSSR count). The zero-order valence-corrected chi connectivity index (χ0v) is 21.6. The number of aromatic nitrogens is 4. The van der Waals surface area contributed by atoms with Crippen molar-refractivity contribution in [3.8, 4) is 6.01 Å². The van der Waals surface area contributed by atoms with Crippen LogP contribution in [-0.2, 0) is 29.1 Å². The van der Waals surface area contributed by atoms with E-state index >= 15 is 0 Å². The van der Waals surface area contributed by atoms with E-state index < -0.39 is 5.97 Å². The molecular weight excluding hydrogens is 478 g/mol. The Bertz CT molecular complexity index is 1270. The van der Waals surface area contributed by atoms with Crippen molar-refractivity contribution in [3.63, 3.8) is 0 Å². The molecule has 4 N–H and O–H groups in total. The first kappa shape index (κ1) is 27.7. The first-order valence-electron chi connectivity index (χ1n) is 12.3. The number of ether oxygens (including phenoxy) is 1. The number of anilines is 1. The van der Waals surface area contributed by atoms with Gasteiger partial charge in [-0.15, -0.1) is 0 Å². The van der Waals surface area contributed by atoms with Crippen LogP contribution in [0.1, 0.15) is 37.3 Å². The third-order valence-electron chi connectivity index (χ3n) is 5.72. The highest BCUT2D eigenvalue weighted by Crippen LogP contribution is 2.18. The minimum atomic E-state index is -0.894. The number of unbranched alkanes of at least 4 members (excludes halogenated alkanes) is 1. The van der Waals surface area contributed by atoms with Crippen LogP contribution in [-0.4, -0.2) is 80.1 Å². The number of carboxylic acid groups (broad SMARTS) is 1. The zero-order chi connectivity index (χ0) is 26.9. The Kier molecular flexibility index (Phi) is 9.61. The average Bonchev–Trinajstić information content (AvgIpc) is 3.14. The van der Waals surface area contributed by atoms with Crippen LogP contribution < -0.4 is 16.2 Å². The second-order valence-electron chi connectivity index (χ2n) is 9.17. The summed E-state index contributed by atoms with van der Waals surface area (Å²) in [5, 5.41) is 8.97. The second-order valence-corrected chi connectivity index (χ2v) is 9.17. The number of imidazole rings is 1. The number of carbonyl (C=O) groups excluding carboxylic acids is 1. The lowest BCUT2D eigenvalue weighted by Crippen LogP contribution is -2.38. The van der Waals surface area contributed by atoms with E-state index in [0.717, 1.165) is 18.4 Å². The van der Waals surface area contributed by atoms with Crippen molar-refractivity contribution >= 4 is 28.9 Å². The van der Waals surface area contributed by atoms with E-state index in [-0.39, 0.29) is 36.4 Å². The maximum Gasteiger partial charge on any atom is 0.327 e. The third kappa shape index (κ3) is 7.78. The van der Waals surface area contributed by atoms with Gasteiger partial charge in [-0.1, -0.05) is 37.6 Å². The quantitative estimate of drug-likeness (QED) is 0.271. The molecule has 0 aliphatic heterocycles. The molecular formula is C25H35N7O5. The van der Waals surface area contributed by atoms with Gasteiger partial charge < -0.3 is 30.4 Å². The van der Waals surface area contributed by atoms with E-state index in [1.807, 2.05) is 33.2 Å². The number of fused-ring (bicyclic) bond motifs is 1. The number of benzene rings is 1. The van der Waals surface area contributed by atoms with Crippen molar-refractivity contribution < 1.29 is 19.4 Å². The Morgan fingerprint density at radius 2 is 1.84 bits per heavy atom. The summed E-state index contributed by atoms with van der Waals surface area (Å²) in [6, 6.07) is 7.30. The van der Waals surface area contributed by atoms with Gasteiger partial charge in [-0.25, -0.2) is 4.79 Å². The first-order chi connectivity index (χ1) is 17.7. The fraction of sp³-hybridized carbons (Fsp3) is 0.480. The molecule has 0 saturated carbocycles. The molecule has 0 atom stereocenters. The summed E-state index contributed by atoms with van der Waals surface area (Å²) < 4.78 is 7.07. The standard InChI is InChI=1S/C25H35N7O5/c1-4-5-13-37-24-28-22(26)21-23(29-24)32(25(36)27-21)12-6-11-31(19(33)16-30(2)3)15-18-9-7-17(8-10-18)14-20(34)35/h7-10H,4-6,11-16H2,1-3H3,(H,27,36)(H,34,35)(H2,26,28,29). The largest absolute Gasteiger partial charge is 0.481 e. The first-order valence-corrected chi connectivity index (χ1v) is 12.3. The molecule has 0 bridgehead atoms. The number of hydrogen-bond donors (Lipinski definition) is 3. The van der Waals surface area contributed by atoms with Gasteiger partial charge in [0.2, 0.25) is 5.91 Å². The number of nitrogens with zero attached hydrogens (tertiary/aromatic N) is 5.